The number of aromatic nitrogens is 2. The molecule has 1 rings (SSSR count). The van der Waals surface area contributed by atoms with E-state index < -0.39 is 0 Å². The third-order valence-corrected chi connectivity index (χ3v) is 2.36. The average Bonchev–Trinajstić information content (AvgIpc) is 2.71. The summed E-state index contributed by atoms with van der Waals surface area (Å²) in [6, 6.07) is 0.411. The van der Waals surface area contributed by atoms with Gasteiger partial charge in [0, 0.05) is 25.0 Å². The van der Waals surface area contributed by atoms with E-state index in [2.05, 4.69) is 29.5 Å². The maximum absolute atomic E-state index is 11.6. The van der Waals surface area contributed by atoms with Crippen molar-refractivity contribution < 1.29 is 4.79 Å². The van der Waals surface area contributed by atoms with Crippen molar-refractivity contribution in [2.45, 2.75) is 46.3 Å². The van der Waals surface area contributed by atoms with Crippen LogP contribution >= 0.6 is 0 Å². The van der Waals surface area contributed by atoms with Crippen LogP contribution in [0.5, 0.6) is 0 Å². The lowest BCUT2D eigenvalue weighted by Crippen LogP contribution is -2.30. The van der Waals surface area contributed by atoms with E-state index in [1.165, 1.54) is 0 Å². The zero-order valence-electron chi connectivity index (χ0n) is 10.9. The molecular formula is C12H22N4O. The fourth-order valence-electron chi connectivity index (χ4n) is 1.42. The summed E-state index contributed by atoms with van der Waals surface area (Å²) in [7, 11) is 0. The van der Waals surface area contributed by atoms with E-state index in [1.54, 1.807) is 6.20 Å². The number of nitrogens with zero attached hydrogens (tertiary/aromatic N) is 2. The molecule has 1 aromatic rings. The summed E-state index contributed by atoms with van der Waals surface area (Å²) in [5, 5.41) is 6.14. The second-order valence-corrected chi connectivity index (χ2v) is 4.36. The minimum atomic E-state index is 0.0376. The molecule has 0 aliphatic rings. The Morgan fingerprint density at radius 1 is 1.53 bits per heavy atom. The lowest BCUT2D eigenvalue weighted by Gasteiger charge is -2.10. The van der Waals surface area contributed by atoms with Crippen molar-refractivity contribution in [2.75, 3.05) is 6.54 Å². The molecule has 96 valence electrons. The van der Waals surface area contributed by atoms with Crippen molar-refractivity contribution in [3.8, 4) is 0 Å². The van der Waals surface area contributed by atoms with E-state index >= 15 is 0 Å². The highest BCUT2D eigenvalue weighted by molar-refractivity contribution is 5.75. The van der Waals surface area contributed by atoms with Crippen molar-refractivity contribution in [2.24, 2.45) is 0 Å². The fraction of sp³-hybridized carbons (Fsp3) is 0.667. The smallest absolute Gasteiger partial charge is 0.239 e. The summed E-state index contributed by atoms with van der Waals surface area (Å²) < 4.78 is 1.88. The first-order valence-corrected chi connectivity index (χ1v) is 6.13. The fourth-order valence-corrected chi connectivity index (χ4v) is 1.42. The summed E-state index contributed by atoms with van der Waals surface area (Å²) in [4.78, 5) is 15.8. The highest BCUT2D eigenvalue weighted by Crippen LogP contribution is 1.98. The maximum atomic E-state index is 11.6. The molecule has 1 heterocycles. The Kier molecular flexibility index (Phi) is 5.69. The molecule has 1 amide bonds. The van der Waals surface area contributed by atoms with Crippen LogP contribution in [-0.2, 0) is 17.9 Å². The SMILES string of the molecule is CCCNC(=O)Cn1ccnc1CNC(C)C. The van der Waals surface area contributed by atoms with Crippen LogP contribution in [0, 0.1) is 0 Å². The molecule has 2 N–H and O–H groups in total. The molecule has 5 heteroatoms. The summed E-state index contributed by atoms with van der Waals surface area (Å²) in [5.41, 5.74) is 0. The predicted octanol–water partition coefficient (Wildman–Crippen LogP) is 0.907. The third-order valence-electron chi connectivity index (χ3n) is 2.36. The van der Waals surface area contributed by atoms with Gasteiger partial charge in [-0.2, -0.15) is 0 Å². The van der Waals surface area contributed by atoms with Gasteiger partial charge in [0.2, 0.25) is 5.91 Å². The Balaban J connectivity index is 2.47. The topological polar surface area (TPSA) is 59.0 Å². The second-order valence-electron chi connectivity index (χ2n) is 4.36. The zero-order valence-corrected chi connectivity index (χ0v) is 10.9. The quantitative estimate of drug-likeness (QED) is 0.742. The number of imidazole rings is 1. The molecule has 17 heavy (non-hydrogen) atoms. The van der Waals surface area contributed by atoms with Crippen LogP contribution in [0.3, 0.4) is 0 Å². The van der Waals surface area contributed by atoms with Crippen LogP contribution in [0.25, 0.3) is 0 Å². The van der Waals surface area contributed by atoms with E-state index in [0.29, 0.717) is 19.1 Å². The highest BCUT2D eigenvalue weighted by atomic mass is 16.1. The first-order chi connectivity index (χ1) is 8.13. The van der Waals surface area contributed by atoms with Gasteiger partial charge >= 0.3 is 0 Å². The molecular weight excluding hydrogens is 216 g/mol. The number of carbonyl (C=O) groups is 1. The molecule has 1 aromatic heterocycles. The van der Waals surface area contributed by atoms with E-state index in [4.69, 9.17) is 0 Å². The molecule has 0 unspecified atom stereocenters. The van der Waals surface area contributed by atoms with Crippen molar-refractivity contribution in [1.82, 2.24) is 20.2 Å². The molecule has 0 atom stereocenters. The van der Waals surface area contributed by atoms with Gasteiger partial charge in [-0.1, -0.05) is 20.8 Å². The van der Waals surface area contributed by atoms with Crippen molar-refractivity contribution >= 4 is 5.91 Å². The lowest BCUT2D eigenvalue weighted by atomic mass is 10.4. The Bertz CT molecular complexity index is 346. The van der Waals surface area contributed by atoms with Gasteiger partial charge in [0.1, 0.15) is 12.4 Å². The van der Waals surface area contributed by atoms with Crippen LogP contribution in [0.1, 0.15) is 33.0 Å². The first-order valence-electron chi connectivity index (χ1n) is 6.13. The molecule has 0 aliphatic carbocycles. The Morgan fingerprint density at radius 3 is 2.94 bits per heavy atom. The minimum Gasteiger partial charge on any atom is -0.355 e. The summed E-state index contributed by atoms with van der Waals surface area (Å²) in [5.74, 6) is 0.931. The van der Waals surface area contributed by atoms with Crippen LogP contribution in [-0.4, -0.2) is 28.0 Å². The van der Waals surface area contributed by atoms with E-state index in [-0.39, 0.29) is 5.91 Å². The molecule has 5 nitrogen and oxygen atoms in total. The number of rotatable bonds is 7. The van der Waals surface area contributed by atoms with Gasteiger partial charge in [-0.25, -0.2) is 4.98 Å². The number of amides is 1. The molecule has 0 fully saturated rings. The molecule has 0 aromatic carbocycles. The van der Waals surface area contributed by atoms with Crippen LogP contribution < -0.4 is 10.6 Å². The Labute approximate surface area is 103 Å². The minimum absolute atomic E-state index is 0.0376. The van der Waals surface area contributed by atoms with Gasteiger partial charge in [0.15, 0.2) is 0 Å². The van der Waals surface area contributed by atoms with E-state index in [9.17, 15) is 4.79 Å². The van der Waals surface area contributed by atoms with Crippen molar-refractivity contribution in [3.63, 3.8) is 0 Å². The second kappa shape index (κ2) is 7.06. The van der Waals surface area contributed by atoms with E-state index in [0.717, 1.165) is 18.8 Å². The number of hydrogen-bond donors (Lipinski definition) is 2. The molecule has 0 bridgehead atoms. The molecule has 0 saturated heterocycles. The van der Waals surface area contributed by atoms with Gasteiger partial charge in [0.05, 0.1) is 6.54 Å². The molecule has 0 aliphatic heterocycles. The maximum Gasteiger partial charge on any atom is 0.239 e. The molecule has 0 spiro atoms. The Hall–Kier alpha value is -1.36. The standard InChI is InChI=1S/C12H22N4O/c1-4-5-14-12(17)9-16-7-6-13-11(16)8-15-10(2)3/h6-7,10,15H,4-5,8-9H2,1-3H3,(H,14,17). The predicted molar refractivity (Wildman–Crippen MR) is 67.5 cm³/mol. The number of hydrogen-bond acceptors (Lipinski definition) is 3. The summed E-state index contributed by atoms with van der Waals surface area (Å²) in [6.07, 6.45) is 4.52. The summed E-state index contributed by atoms with van der Waals surface area (Å²) >= 11 is 0. The van der Waals surface area contributed by atoms with Crippen LogP contribution in [0.15, 0.2) is 12.4 Å². The van der Waals surface area contributed by atoms with Gasteiger partial charge in [0.25, 0.3) is 0 Å². The van der Waals surface area contributed by atoms with Gasteiger partial charge in [-0.15, -0.1) is 0 Å². The number of nitrogens with one attached hydrogen (secondary N) is 2. The third kappa shape index (κ3) is 4.99. The van der Waals surface area contributed by atoms with Crippen molar-refractivity contribution in [1.29, 1.82) is 0 Å². The number of carbonyl (C=O) groups excluding carboxylic acids is 1. The van der Waals surface area contributed by atoms with Gasteiger partial charge in [-0.3, -0.25) is 4.79 Å². The average molecular weight is 238 g/mol. The van der Waals surface area contributed by atoms with Gasteiger partial charge in [-0.05, 0) is 6.42 Å². The largest absolute Gasteiger partial charge is 0.355 e. The van der Waals surface area contributed by atoms with Crippen molar-refractivity contribution in [3.05, 3.63) is 18.2 Å². The van der Waals surface area contributed by atoms with Crippen LogP contribution in [0.2, 0.25) is 0 Å². The van der Waals surface area contributed by atoms with Crippen LogP contribution in [0.4, 0.5) is 0 Å². The normalized spacial score (nSPS) is 10.8. The molecule has 0 saturated carbocycles. The monoisotopic (exact) mass is 238 g/mol. The first kappa shape index (κ1) is 13.7. The summed E-state index contributed by atoms with van der Waals surface area (Å²) in [6.45, 7) is 7.96. The lowest BCUT2D eigenvalue weighted by molar-refractivity contribution is -0.121. The highest BCUT2D eigenvalue weighted by Gasteiger charge is 2.07. The van der Waals surface area contributed by atoms with E-state index in [1.807, 2.05) is 17.7 Å². The zero-order chi connectivity index (χ0) is 12.7. The Morgan fingerprint density at radius 2 is 2.29 bits per heavy atom. The van der Waals surface area contributed by atoms with Gasteiger partial charge < -0.3 is 15.2 Å². The molecule has 0 radical (unpaired) electrons.